The summed E-state index contributed by atoms with van der Waals surface area (Å²) < 4.78 is 11.3. The maximum atomic E-state index is 13.3. The first-order valence-electron chi connectivity index (χ1n) is 11.0. The van der Waals surface area contributed by atoms with Gasteiger partial charge in [0, 0.05) is 34.2 Å². The van der Waals surface area contributed by atoms with Gasteiger partial charge in [-0.25, -0.2) is 0 Å². The van der Waals surface area contributed by atoms with Crippen LogP contribution in [-0.2, 0) is 10.5 Å². The third kappa shape index (κ3) is 1.86. The van der Waals surface area contributed by atoms with Crippen molar-refractivity contribution in [1.82, 2.24) is 14.5 Å². The number of aromatic nitrogens is 2. The van der Waals surface area contributed by atoms with Gasteiger partial charge in [0.2, 0.25) is 0 Å². The van der Waals surface area contributed by atoms with Crippen molar-refractivity contribution < 1.29 is 14.3 Å². The van der Waals surface area contributed by atoms with E-state index in [1.54, 1.807) is 7.05 Å². The van der Waals surface area contributed by atoms with Crippen LogP contribution < -0.4 is 5.32 Å². The van der Waals surface area contributed by atoms with E-state index >= 15 is 0 Å². The van der Waals surface area contributed by atoms with Crippen molar-refractivity contribution in [2.45, 2.75) is 31.7 Å². The molecule has 6 nitrogen and oxygen atoms in total. The monoisotopic (exact) mass is 423 g/mol. The summed E-state index contributed by atoms with van der Waals surface area (Å²) in [4.78, 5) is 25.9. The maximum absolute atomic E-state index is 13.3. The zero-order valence-corrected chi connectivity index (χ0v) is 17.8. The number of rotatable bonds is 2. The summed E-state index contributed by atoms with van der Waals surface area (Å²) in [6.45, 7) is 2.13. The number of carbonyl (C=O) groups excluding carboxylic acids is 2. The van der Waals surface area contributed by atoms with E-state index in [1.807, 2.05) is 36.4 Å². The molecule has 32 heavy (non-hydrogen) atoms. The summed E-state index contributed by atoms with van der Waals surface area (Å²) in [5.41, 5.74) is 4.31. The van der Waals surface area contributed by atoms with Crippen LogP contribution in [-0.4, -0.2) is 28.4 Å². The molecule has 1 amide bonds. The number of nitrogens with one attached hydrogen (secondary N) is 1. The van der Waals surface area contributed by atoms with Crippen LogP contribution in [0.4, 0.5) is 0 Å². The fraction of sp³-hybridized carbons (Fsp3) is 0.231. The van der Waals surface area contributed by atoms with E-state index in [9.17, 15) is 9.59 Å². The molecule has 2 unspecified atom stereocenters. The van der Waals surface area contributed by atoms with Crippen LogP contribution in [0.15, 0.2) is 48.5 Å². The van der Waals surface area contributed by atoms with E-state index in [2.05, 4.69) is 33.5 Å². The van der Waals surface area contributed by atoms with Crippen LogP contribution in [0.3, 0.4) is 0 Å². The van der Waals surface area contributed by atoms with Crippen molar-refractivity contribution in [1.29, 1.82) is 0 Å². The van der Waals surface area contributed by atoms with Crippen molar-refractivity contribution in [3.05, 3.63) is 59.7 Å². The maximum Gasteiger partial charge on any atom is 0.252 e. The number of amides is 1. The first-order chi connectivity index (χ1) is 15.6. The molecule has 2 bridgehead atoms. The highest BCUT2D eigenvalue weighted by Gasteiger charge is 2.45. The van der Waals surface area contributed by atoms with Gasteiger partial charge >= 0.3 is 0 Å². The van der Waals surface area contributed by atoms with Gasteiger partial charge in [0.05, 0.1) is 27.6 Å². The zero-order valence-electron chi connectivity index (χ0n) is 17.8. The highest BCUT2D eigenvalue weighted by Crippen LogP contribution is 2.53. The molecule has 2 aliphatic rings. The molecule has 7 rings (SSSR count). The Morgan fingerprint density at radius 1 is 1.06 bits per heavy atom. The summed E-state index contributed by atoms with van der Waals surface area (Å²) in [5.74, 6) is -0.254. The quantitative estimate of drug-likeness (QED) is 0.403. The molecule has 0 saturated carbocycles. The van der Waals surface area contributed by atoms with Crippen LogP contribution >= 0.6 is 0 Å². The average Bonchev–Trinajstić information content (AvgIpc) is 3.45. The largest absolute Gasteiger partial charge is 0.355 e. The lowest BCUT2D eigenvalue weighted by Gasteiger charge is -2.27. The van der Waals surface area contributed by atoms with E-state index in [0.29, 0.717) is 11.1 Å². The van der Waals surface area contributed by atoms with Crippen LogP contribution in [0.25, 0.3) is 43.6 Å². The smallest absolute Gasteiger partial charge is 0.252 e. The summed E-state index contributed by atoms with van der Waals surface area (Å²) in [6.07, 6.45) is 2.45. The van der Waals surface area contributed by atoms with Crippen LogP contribution in [0, 0.1) is 0 Å². The minimum absolute atomic E-state index is 0.135. The van der Waals surface area contributed by atoms with Crippen LogP contribution in [0.1, 0.15) is 46.7 Å². The van der Waals surface area contributed by atoms with E-state index < -0.39 is 5.72 Å². The van der Waals surface area contributed by atoms with Crippen LogP contribution in [0.5, 0.6) is 0 Å². The van der Waals surface area contributed by atoms with Gasteiger partial charge in [-0.3, -0.25) is 9.59 Å². The lowest BCUT2D eigenvalue weighted by Crippen LogP contribution is -2.28. The molecule has 0 radical (unpaired) electrons. The molecule has 0 spiro atoms. The number of hydrogen-bond acceptors (Lipinski definition) is 3. The number of aldehydes is 1. The molecular formula is C26H21N3O3. The Morgan fingerprint density at radius 2 is 1.75 bits per heavy atom. The summed E-state index contributed by atoms with van der Waals surface area (Å²) in [7, 11) is 1.61. The Bertz CT molecular complexity index is 1660. The number of fused-ring (bicyclic) bond motifs is 10. The topological polar surface area (TPSA) is 65.3 Å². The molecule has 5 aromatic rings. The van der Waals surface area contributed by atoms with Gasteiger partial charge in [0.15, 0.2) is 6.29 Å². The van der Waals surface area contributed by atoms with Crippen molar-refractivity contribution in [2.75, 3.05) is 7.05 Å². The van der Waals surface area contributed by atoms with Gasteiger partial charge in [0.1, 0.15) is 12.0 Å². The van der Waals surface area contributed by atoms with Gasteiger partial charge in [-0.05, 0) is 31.9 Å². The molecule has 6 heteroatoms. The summed E-state index contributed by atoms with van der Waals surface area (Å²) >= 11 is 0. The summed E-state index contributed by atoms with van der Waals surface area (Å²) in [6, 6.07) is 16.2. The van der Waals surface area contributed by atoms with E-state index in [4.69, 9.17) is 4.74 Å². The number of ether oxygens (including phenoxy) is 1. The van der Waals surface area contributed by atoms with Crippen LogP contribution in [0.2, 0.25) is 0 Å². The Kier molecular flexibility index (Phi) is 3.25. The minimum Gasteiger partial charge on any atom is -0.355 e. The number of benzene rings is 3. The first kappa shape index (κ1) is 18.0. The normalized spacial score (nSPS) is 21.8. The third-order valence-electron chi connectivity index (χ3n) is 7.38. The first-order valence-corrected chi connectivity index (χ1v) is 11.0. The fourth-order valence-corrected chi connectivity index (χ4v) is 6.16. The highest BCUT2D eigenvalue weighted by molar-refractivity contribution is 6.33. The number of hydrogen-bond donors (Lipinski definition) is 1. The van der Waals surface area contributed by atoms with Crippen molar-refractivity contribution in [2.24, 2.45) is 0 Å². The van der Waals surface area contributed by atoms with E-state index in [1.165, 1.54) is 0 Å². The second kappa shape index (κ2) is 5.78. The summed E-state index contributed by atoms with van der Waals surface area (Å²) in [5, 5.41) is 6.33. The standard InChI is InChI=1S/C26H21N3O3/c1-26-12-11-19(32-26)28-17-9-5-3-7-14(17)21-22(25(31)27-2)16(13-30)20-15-8-4-6-10-18(15)29(26)24(20)23(21)28/h3-10,13,19H,11-12H2,1-2H3,(H,27,31). The molecule has 3 aromatic carbocycles. The van der Waals surface area contributed by atoms with Gasteiger partial charge in [-0.2, -0.15) is 0 Å². The Morgan fingerprint density at radius 3 is 2.47 bits per heavy atom. The van der Waals surface area contributed by atoms with Gasteiger partial charge < -0.3 is 19.2 Å². The number of nitrogens with zero attached hydrogens (tertiary/aromatic N) is 2. The second-order valence-electron chi connectivity index (χ2n) is 8.96. The molecule has 2 aromatic heterocycles. The molecular weight excluding hydrogens is 402 g/mol. The number of para-hydroxylation sites is 2. The SMILES string of the molecule is CNC(=O)c1c(C=O)c2c3ccccc3n3c2c2c1c1ccccc1n2C1CCC3(C)O1. The van der Waals surface area contributed by atoms with Crippen molar-refractivity contribution >= 4 is 55.8 Å². The molecule has 1 N–H and O–H groups in total. The van der Waals surface area contributed by atoms with Crippen molar-refractivity contribution in [3.63, 3.8) is 0 Å². The number of carbonyl (C=O) groups is 2. The lowest BCUT2D eigenvalue weighted by atomic mass is 9.95. The highest BCUT2D eigenvalue weighted by atomic mass is 16.5. The lowest BCUT2D eigenvalue weighted by molar-refractivity contribution is -0.100. The second-order valence-corrected chi connectivity index (χ2v) is 8.96. The zero-order chi connectivity index (χ0) is 21.8. The van der Waals surface area contributed by atoms with E-state index in [-0.39, 0.29) is 12.1 Å². The Hall–Kier alpha value is -3.64. The minimum atomic E-state index is -0.534. The molecule has 1 saturated heterocycles. The van der Waals surface area contributed by atoms with E-state index in [0.717, 1.165) is 62.7 Å². The van der Waals surface area contributed by atoms with Gasteiger partial charge in [0.25, 0.3) is 5.91 Å². The average molecular weight is 423 g/mol. The molecule has 4 heterocycles. The molecule has 1 fully saturated rings. The predicted molar refractivity (Wildman–Crippen MR) is 124 cm³/mol. The third-order valence-corrected chi connectivity index (χ3v) is 7.38. The Balaban J connectivity index is 1.93. The van der Waals surface area contributed by atoms with Gasteiger partial charge in [-0.15, -0.1) is 0 Å². The molecule has 2 atom stereocenters. The molecule has 2 aliphatic heterocycles. The Labute approximate surface area is 183 Å². The molecule has 158 valence electrons. The van der Waals surface area contributed by atoms with Crippen molar-refractivity contribution in [3.8, 4) is 0 Å². The fourth-order valence-electron chi connectivity index (χ4n) is 6.16. The molecule has 0 aliphatic carbocycles. The van der Waals surface area contributed by atoms with Gasteiger partial charge in [-0.1, -0.05) is 36.4 Å². The predicted octanol–water partition coefficient (Wildman–Crippen LogP) is 5.07.